The molecule has 0 spiro atoms. The number of hydrogen-bond acceptors (Lipinski definition) is 2. The second-order valence-electron chi connectivity index (χ2n) is 10.9. The number of rotatable bonds is 7. The quantitative estimate of drug-likeness (QED) is 0.506. The van der Waals surface area contributed by atoms with Crippen LogP contribution in [0.1, 0.15) is 92.4 Å². The maximum atomic E-state index is 10.2. The third-order valence-corrected chi connectivity index (χ3v) is 8.44. The van der Waals surface area contributed by atoms with Crippen LogP contribution >= 0.6 is 0 Å². The van der Waals surface area contributed by atoms with Gasteiger partial charge in [0.05, 0.1) is 12.2 Å². The Labute approximate surface area is 179 Å². The van der Waals surface area contributed by atoms with E-state index in [1.54, 1.807) is 0 Å². The van der Waals surface area contributed by atoms with Crippen molar-refractivity contribution in [3.8, 4) is 0 Å². The monoisotopic (exact) mass is 400 g/mol. The molecule has 0 amide bonds. The molecule has 0 saturated heterocycles. The smallest absolute Gasteiger partial charge is 0.0777 e. The first-order valence-electron chi connectivity index (χ1n) is 12.2. The van der Waals surface area contributed by atoms with Gasteiger partial charge in [-0.2, -0.15) is 0 Å². The molecule has 0 aliphatic heterocycles. The molecule has 0 heterocycles. The topological polar surface area (TPSA) is 40.5 Å². The standard InChI is InChI=1S/C27H44O2/c1-18(2)8-6-9-19(3)24-13-14-25-21(10-7-15-27(24,25)5)11-12-22-16-23(28)17-26(29)20(22)4/h10-12,18-19,23-26,28-29H,6-9,13-17H2,1-5H3/b12-11+/t19-,23-,24-,25?,26+,27-/m1/s1. The first kappa shape index (κ1) is 22.8. The largest absolute Gasteiger partial charge is 0.393 e. The average molecular weight is 401 g/mol. The summed E-state index contributed by atoms with van der Waals surface area (Å²) >= 11 is 0. The van der Waals surface area contributed by atoms with Gasteiger partial charge in [0.1, 0.15) is 0 Å². The van der Waals surface area contributed by atoms with Crippen LogP contribution in [-0.4, -0.2) is 22.4 Å². The third-order valence-electron chi connectivity index (χ3n) is 8.44. The first-order chi connectivity index (χ1) is 13.7. The Hall–Kier alpha value is -0.860. The van der Waals surface area contributed by atoms with Gasteiger partial charge < -0.3 is 10.2 Å². The summed E-state index contributed by atoms with van der Waals surface area (Å²) in [7, 11) is 0. The maximum Gasteiger partial charge on any atom is 0.0777 e. The summed E-state index contributed by atoms with van der Waals surface area (Å²) in [5, 5.41) is 20.2. The number of allylic oxidation sites excluding steroid dienone is 4. The van der Waals surface area contributed by atoms with Gasteiger partial charge in [0.25, 0.3) is 0 Å². The summed E-state index contributed by atoms with van der Waals surface area (Å²) in [5.74, 6) is 3.15. The van der Waals surface area contributed by atoms with Crippen LogP contribution in [0, 0.1) is 29.1 Å². The zero-order chi connectivity index (χ0) is 21.2. The second kappa shape index (κ2) is 9.52. The van der Waals surface area contributed by atoms with Crippen molar-refractivity contribution in [2.24, 2.45) is 29.1 Å². The summed E-state index contributed by atoms with van der Waals surface area (Å²) < 4.78 is 0. The summed E-state index contributed by atoms with van der Waals surface area (Å²) in [6.07, 6.45) is 16.5. The van der Waals surface area contributed by atoms with Crippen LogP contribution in [0.15, 0.2) is 34.9 Å². The molecule has 2 N–H and O–H groups in total. The van der Waals surface area contributed by atoms with Gasteiger partial charge >= 0.3 is 0 Å². The van der Waals surface area contributed by atoms with Crippen LogP contribution in [0.3, 0.4) is 0 Å². The third kappa shape index (κ3) is 5.07. The maximum absolute atomic E-state index is 10.2. The number of aliphatic hydroxyl groups excluding tert-OH is 2. The minimum absolute atomic E-state index is 0.415. The van der Waals surface area contributed by atoms with Crippen LogP contribution in [0.25, 0.3) is 0 Å². The molecule has 6 atom stereocenters. The molecule has 1 saturated carbocycles. The summed E-state index contributed by atoms with van der Waals surface area (Å²) in [5.41, 5.74) is 4.10. The van der Waals surface area contributed by atoms with Gasteiger partial charge in [0, 0.05) is 6.42 Å². The lowest BCUT2D eigenvalue weighted by Gasteiger charge is -2.43. The molecule has 3 aliphatic carbocycles. The molecule has 1 unspecified atom stereocenters. The predicted molar refractivity (Wildman–Crippen MR) is 123 cm³/mol. The molecule has 0 aromatic heterocycles. The van der Waals surface area contributed by atoms with Gasteiger partial charge in [-0.3, -0.25) is 0 Å². The highest BCUT2D eigenvalue weighted by Crippen LogP contribution is 2.58. The lowest BCUT2D eigenvalue weighted by atomic mass is 9.62. The highest BCUT2D eigenvalue weighted by Gasteiger charge is 2.49. The van der Waals surface area contributed by atoms with E-state index in [0.29, 0.717) is 24.2 Å². The fourth-order valence-corrected chi connectivity index (χ4v) is 6.57. The molecule has 1 fully saturated rings. The van der Waals surface area contributed by atoms with Gasteiger partial charge in [0.2, 0.25) is 0 Å². The fourth-order valence-electron chi connectivity index (χ4n) is 6.57. The molecule has 0 bridgehead atoms. The Kier molecular flexibility index (Phi) is 7.49. The second-order valence-corrected chi connectivity index (χ2v) is 10.9. The molecule has 3 aliphatic rings. The Bertz CT molecular complexity index is 655. The lowest BCUT2D eigenvalue weighted by Crippen LogP contribution is -2.35. The molecular formula is C27H44O2. The Balaban J connectivity index is 1.69. The van der Waals surface area contributed by atoms with Crippen molar-refractivity contribution in [2.45, 2.75) is 105 Å². The lowest BCUT2D eigenvalue weighted by molar-refractivity contribution is 0.0878. The van der Waals surface area contributed by atoms with E-state index in [1.807, 2.05) is 6.92 Å². The molecule has 2 nitrogen and oxygen atoms in total. The zero-order valence-electron chi connectivity index (χ0n) is 19.5. The van der Waals surface area contributed by atoms with Crippen molar-refractivity contribution < 1.29 is 10.2 Å². The van der Waals surface area contributed by atoms with Crippen LogP contribution in [-0.2, 0) is 0 Å². The van der Waals surface area contributed by atoms with Gasteiger partial charge in [0.15, 0.2) is 0 Å². The van der Waals surface area contributed by atoms with Crippen molar-refractivity contribution >= 4 is 0 Å². The van der Waals surface area contributed by atoms with Gasteiger partial charge in [-0.15, -0.1) is 0 Å². The Morgan fingerprint density at radius 3 is 2.62 bits per heavy atom. The number of hydrogen-bond donors (Lipinski definition) is 2. The van der Waals surface area contributed by atoms with Crippen LogP contribution in [0.5, 0.6) is 0 Å². The summed E-state index contributed by atoms with van der Waals surface area (Å²) in [4.78, 5) is 0. The van der Waals surface area contributed by atoms with E-state index in [4.69, 9.17) is 0 Å². The van der Waals surface area contributed by atoms with E-state index in [2.05, 4.69) is 45.9 Å². The number of aliphatic hydroxyl groups is 2. The summed E-state index contributed by atoms with van der Waals surface area (Å²) in [6.45, 7) is 11.8. The van der Waals surface area contributed by atoms with E-state index in [-0.39, 0.29) is 0 Å². The van der Waals surface area contributed by atoms with Crippen molar-refractivity contribution in [1.29, 1.82) is 0 Å². The fraction of sp³-hybridized carbons (Fsp3) is 0.778. The molecule has 0 radical (unpaired) electrons. The molecule has 0 aromatic rings. The highest BCUT2D eigenvalue weighted by molar-refractivity contribution is 5.37. The Morgan fingerprint density at radius 2 is 1.90 bits per heavy atom. The normalized spacial score (nSPS) is 36.6. The van der Waals surface area contributed by atoms with Gasteiger partial charge in [-0.25, -0.2) is 0 Å². The minimum atomic E-state index is -0.494. The average Bonchev–Trinajstić information content (AvgIpc) is 3.00. The SMILES string of the molecule is CC1=C(/C=C/C2=CCC[C@@]3(C)C2CC[C@@H]3[C@H](C)CCCC(C)C)C[C@@H](O)C[C@@H]1O. The number of fused-ring (bicyclic) bond motifs is 1. The van der Waals surface area contributed by atoms with E-state index in [0.717, 1.165) is 28.9 Å². The van der Waals surface area contributed by atoms with Crippen LogP contribution < -0.4 is 0 Å². The van der Waals surface area contributed by atoms with Crippen molar-refractivity contribution in [2.75, 3.05) is 0 Å². The van der Waals surface area contributed by atoms with E-state index in [1.165, 1.54) is 50.5 Å². The molecule has 164 valence electrons. The van der Waals surface area contributed by atoms with Crippen molar-refractivity contribution in [3.63, 3.8) is 0 Å². The molecule has 0 aromatic carbocycles. The molecule has 29 heavy (non-hydrogen) atoms. The Morgan fingerprint density at radius 1 is 1.14 bits per heavy atom. The van der Waals surface area contributed by atoms with Crippen molar-refractivity contribution in [3.05, 3.63) is 34.9 Å². The molecular weight excluding hydrogens is 356 g/mol. The zero-order valence-corrected chi connectivity index (χ0v) is 19.5. The van der Waals surface area contributed by atoms with E-state index >= 15 is 0 Å². The van der Waals surface area contributed by atoms with Gasteiger partial charge in [-0.05, 0) is 84.8 Å². The minimum Gasteiger partial charge on any atom is -0.393 e. The summed E-state index contributed by atoms with van der Waals surface area (Å²) in [6, 6.07) is 0. The molecule has 3 rings (SSSR count). The highest BCUT2D eigenvalue weighted by atomic mass is 16.3. The van der Waals surface area contributed by atoms with E-state index < -0.39 is 12.2 Å². The van der Waals surface area contributed by atoms with Crippen LogP contribution in [0.2, 0.25) is 0 Å². The van der Waals surface area contributed by atoms with Gasteiger partial charge in [-0.1, -0.05) is 65.2 Å². The van der Waals surface area contributed by atoms with Crippen LogP contribution in [0.4, 0.5) is 0 Å². The molecule has 2 heteroatoms. The predicted octanol–water partition coefficient (Wildman–Crippen LogP) is 6.59. The van der Waals surface area contributed by atoms with Crippen molar-refractivity contribution in [1.82, 2.24) is 0 Å². The van der Waals surface area contributed by atoms with E-state index in [9.17, 15) is 10.2 Å². The first-order valence-corrected chi connectivity index (χ1v) is 12.2.